The Morgan fingerprint density at radius 3 is 2.47 bits per heavy atom. The fourth-order valence-electron chi connectivity index (χ4n) is 2.07. The first-order valence-electron chi connectivity index (χ1n) is 6.08. The van der Waals surface area contributed by atoms with Crippen molar-refractivity contribution in [1.29, 1.82) is 0 Å². The Morgan fingerprint density at radius 2 is 2.00 bits per heavy atom. The Balaban J connectivity index is 1.93. The zero-order chi connectivity index (χ0) is 12.3. The fourth-order valence-corrected chi connectivity index (χ4v) is 2.07. The van der Waals surface area contributed by atoms with Crippen molar-refractivity contribution in [2.45, 2.75) is 32.2 Å². The van der Waals surface area contributed by atoms with Gasteiger partial charge in [-0.3, -0.25) is 10.6 Å². The van der Waals surface area contributed by atoms with Crippen molar-refractivity contribution in [2.24, 2.45) is 11.8 Å². The summed E-state index contributed by atoms with van der Waals surface area (Å²) in [4.78, 5) is 11.9. The number of hydrogen-bond donors (Lipinski definition) is 3. The molecule has 0 aromatic heterocycles. The number of hydrazine groups is 1. The number of rotatable bonds is 4. The number of nitrogens with two attached hydrogens (primary N) is 1. The number of amides is 1. The van der Waals surface area contributed by atoms with Gasteiger partial charge < -0.3 is 10.7 Å². The lowest BCUT2D eigenvalue weighted by molar-refractivity contribution is 0.0909. The molecule has 1 aromatic rings. The van der Waals surface area contributed by atoms with Crippen LogP contribution in [-0.2, 0) is 0 Å². The summed E-state index contributed by atoms with van der Waals surface area (Å²) in [5.41, 5.74) is 4.01. The predicted molar refractivity (Wildman–Crippen MR) is 68.5 cm³/mol. The Labute approximate surface area is 102 Å². The molecule has 1 fully saturated rings. The molecule has 0 radical (unpaired) electrons. The van der Waals surface area contributed by atoms with Crippen LogP contribution in [0.2, 0.25) is 0 Å². The molecule has 0 bridgehead atoms. The number of benzene rings is 1. The van der Waals surface area contributed by atoms with Gasteiger partial charge >= 0.3 is 0 Å². The van der Waals surface area contributed by atoms with Crippen LogP contribution in [0.4, 0.5) is 5.69 Å². The van der Waals surface area contributed by atoms with Gasteiger partial charge in [0, 0.05) is 17.3 Å². The average Bonchev–Trinajstić information content (AvgIpc) is 2.26. The molecule has 0 spiro atoms. The Bertz CT molecular complexity index is 384. The topological polar surface area (TPSA) is 67.2 Å². The molecule has 2 rings (SSSR count). The van der Waals surface area contributed by atoms with Crippen molar-refractivity contribution >= 4 is 11.6 Å². The van der Waals surface area contributed by atoms with Crippen LogP contribution in [0.25, 0.3) is 0 Å². The van der Waals surface area contributed by atoms with E-state index in [1.807, 2.05) is 0 Å². The smallest absolute Gasteiger partial charge is 0.251 e. The van der Waals surface area contributed by atoms with E-state index in [1.54, 1.807) is 24.3 Å². The van der Waals surface area contributed by atoms with Crippen LogP contribution in [0.15, 0.2) is 24.3 Å². The van der Waals surface area contributed by atoms with Crippen molar-refractivity contribution in [1.82, 2.24) is 5.32 Å². The van der Waals surface area contributed by atoms with Gasteiger partial charge in [0.05, 0.1) is 0 Å². The summed E-state index contributed by atoms with van der Waals surface area (Å²) in [5, 5.41) is 3.04. The molecule has 92 valence electrons. The highest BCUT2D eigenvalue weighted by molar-refractivity contribution is 5.94. The highest BCUT2D eigenvalue weighted by Gasteiger charge is 2.25. The molecule has 4 heteroatoms. The van der Waals surface area contributed by atoms with Crippen LogP contribution >= 0.6 is 0 Å². The van der Waals surface area contributed by atoms with Crippen LogP contribution < -0.4 is 16.6 Å². The largest absolute Gasteiger partial charge is 0.349 e. The first kappa shape index (κ1) is 11.9. The second kappa shape index (κ2) is 5.19. The summed E-state index contributed by atoms with van der Waals surface area (Å²) < 4.78 is 0. The van der Waals surface area contributed by atoms with E-state index in [4.69, 9.17) is 5.84 Å². The quantitative estimate of drug-likeness (QED) is 0.549. The van der Waals surface area contributed by atoms with E-state index in [1.165, 1.54) is 19.3 Å². The molecule has 1 atom stereocenters. The molecule has 1 aromatic carbocycles. The molecule has 1 saturated carbocycles. The summed E-state index contributed by atoms with van der Waals surface area (Å²) >= 11 is 0. The van der Waals surface area contributed by atoms with Gasteiger partial charge in [-0.1, -0.05) is 6.42 Å². The summed E-state index contributed by atoms with van der Waals surface area (Å²) in [5.74, 6) is 5.92. The standard InChI is InChI=1S/C13H19N3O/c1-9(10-3-2-4-10)15-13(17)11-5-7-12(16-14)8-6-11/h5-10,16H,2-4,14H2,1H3,(H,15,17). The molecule has 0 heterocycles. The second-order valence-electron chi connectivity index (χ2n) is 4.67. The maximum Gasteiger partial charge on any atom is 0.251 e. The van der Waals surface area contributed by atoms with Crippen molar-refractivity contribution in [3.63, 3.8) is 0 Å². The molecule has 0 saturated heterocycles. The zero-order valence-electron chi connectivity index (χ0n) is 10.1. The van der Waals surface area contributed by atoms with Crippen molar-refractivity contribution in [3.05, 3.63) is 29.8 Å². The van der Waals surface area contributed by atoms with E-state index < -0.39 is 0 Å². The third-order valence-corrected chi connectivity index (χ3v) is 3.53. The average molecular weight is 233 g/mol. The second-order valence-corrected chi connectivity index (χ2v) is 4.67. The molecule has 17 heavy (non-hydrogen) atoms. The SMILES string of the molecule is CC(NC(=O)c1ccc(NN)cc1)C1CCC1. The predicted octanol–water partition coefficient (Wildman–Crippen LogP) is 1.89. The monoisotopic (exact) mass is 233 g/mol. The van der Waals surface area contributed by atoms with E-state index in [9.17, 15) is 4.79 Å². The number of carbonyl (C=O) groups excluding carboxylic acids is 1. The number of carbonyl (C=O) groups is 1. The van der Waals surface area contributed by atoms with Gasteiger partial charge in [-0.05, 0) is 49.9 Å². The molecular formula is C13H19N3O. The van der Waals surface area contributed by atoms with Gasteiger partial charge in [-0.25, -0.2) is 0 Å². The summed E-state index contributed by atoms with van der Waals surface area (Å²) in [6, 6.07) is 7.41. The molecule has 0 aliphatic heterocycles. The van der Waals surface area contributed by atoms with Crippen molar-refractivity contribution in [3.8, 4) is 0 Å². The molecular weight excluding hydrogens is 214 g/mol. The van der Waals surface area contributed by atoms with E-state index in [-0.39, 0.29) is 11.9 Å². The van der Waals surface area contributed by atoms with Gasteiger partial charge in [0.25, 0.3) is 5.91 Å². The number of hydrogen-bond acceptors (Lipinski definition) is 3. The minimum atomic E-state index is -0.00651. The zero-order valence-corrected chi connectivity index (χ0v) is 10.1. The lowest BCUT2D eigenvalue weighted by Crippen LogP contribution is -2.40. The van der Waals surface area contributed by atoms with E-state index in [0.717, 1.165) is 5.69 Å². The van der Waals surface area contributed by atoms with Gasteiger partial charge in [0.1, 0.15) is 0 Å². The Kier molecular flexibility index (Phi) is 3.64. The third kappa shape index (κ3) is 2.77. The minimum absolute atomic E-state index is 0.00651. The molecule has 4 nitrogen and oxygen atoms in total. The maximum absolute atomic E-state index is 11.9. The fraction of sp³-hybridized carbons (Fsp3) is 0.462. The molecule has 1 aliphatic carbocycles. The third-order valence-electron chi connectivity index (χ3n) is 3.53. The molecule has 4 N–H and O–H groups in total. The lowest BCUT2D eigenvalue weighted by atomic mass is 9.80. The highest BCUT2D eigenvalue weighted by Crippen LogP contribution is 2.29. The molecule has 1 unspecified atom stereocenters. The first-order chi connectivity index (χ1) is 8.20. The summed E-state index contributed by atoms with van der Waals surface area (Å²) in [6.07, 6.45) is 3.76. The van der Waals surface area contributed by atoms with Gasteiger partial charge in [0.15, 0.2) is 0 Å². The van der Waals surface area contributed by atoms with Crippen LogP contribution in [0, 0.1) is 5.92 Å². The van der Waals surface area contributed by atoms with Gasteiger partial charge in [-0.2, -0.15) is 0 Å². The first-order valence-corrected chi connectivity index (χ1v) is 6.08. The van der Waals surface area contributed by atoms with E-state index in [2.05, 4.69) is 17.7 Å². The summed E-state index contributed by atoms with van der Waals surface area (Å²) in [7, 11) is 0. The maximum atomic E-state index is 11.9. The van der Waals surface area contributed by atoms with Crippen LogP contribution in [0.1, 0.15) is 36.5 Å². The lowest BCUT2D eigenvalue weighted by Gasteiger charge is -2.31. The van der Waals surface area contributed by atoms with Gasteiger partial charge in [-0.15, -0.1) is 0 Å². The number of anilines is 1. The number of nitrogens with one attached hydrogen (secondary N) is 2. The Hall–Kier alpha value is -1.55. The van der Waals surface area contributed by atoms with Gasteiger partial charge in [0.2, 0.25) is 0 Å². The van der Waals surface area contributed by atoms with Crippen LogP contribution in [-0.4, -0.2) is 11.9 Å². The Morgan fingerprint density at radius 1 is 1.35 bits per heavy atom. The van der Waals surface area contributed by atoms with E-state index in [0.29, 0.717) is 11.5 Å². The highest BCUT2D eigenvalue weighted by atomic mass is 16.1. The van der Waals surface area contributed by atoms with Crippen molar-refractivity contribution in [2.75, 3.05) is 5.43 Å². The number of nitrogen functional groups attached to an aromatic ring is 1. The van der Waals surface area contributed by atoms with Crippen LogP contribution in [0.5, 0.6) is 0 Å². The molecule has 1 aliphatic rings. The van der Waals surface area contributed by atoms with Crippen LogP contribution in [0.3, 0.4) is 0 Å². The van der Waals surface area contributed by atoms with Crippen molar-refractivity contribution < 1.29 is 4.79 Å². The van der Waals surface area contributed by atoms with E-state index >= 15 is 0 Å². The molecule has 1 amide bonds. The normalized spacial score (nSPS) is 17.1. The summed E-state index contributed by atoms with van der Waals surface area (Å²) in [6.45, 7) is 2.08. The minimum Gasteiger partial charge on any atom is -0.349 e.